The van der Waals surface area contributed by atoms with Crippen LogP contribution in [0, 0.1) is 0 Å². The minimum absolute atomic E-state index is 0.0836. The number of esters is 2. The lowest BCUT2D eigenvalue weighted by atomic mass is 10.5. The summed E-state index contributed by atoms with van der Waals surface area (Å²) in [6, 6.07) is 0. The van der Waals surface area contributed by atoms with E-state index in [9.17, 15) is 9.59 Å². The molecule has 0 saturated carbocycles. The molecule has 0 aromatic carbocycles. The van der Waals surface area contributed by atoms with Gasteiger partial charge in [0, 0.05) is 0 Å². The molecule has 2 atom stereocenters. The van der Waals surface area contributed by atoms with Crippen LogP contribution in [0.4, 0.5) is 0 Å². The standard InChI is InChI=1S/C8H12Br2O4/c1-5(9)7(11)13-3-4-14-8(12)6(2)10/h5-6H,3-4H2,1-2H3/t5-,6-/m1/s1. The molecule has 0 aliphatic rings. The summed E-state index contributed by atoms with van der Waals surface area (Å²) in [4.78, 5) is 21.1. The van der Waals surface area contributed by atoms with E-state index in [1.807, 2.05) is 0 Å². The Bertz CT molecular complexity index is 182. The van der Waals surface area contributed by atoms with E-state index in [4.69, 9.17) is 9.47 Å². The van der Waals surface area contributed by atoms with Crippen LogP contribution in [0.1, 0.15) is 13.8 Å². The van der Waals surface area contributed by atoms with Gasteiger partial charge in [-0.15, -0.1) is 0 Å². The molecule has 0 aliphatic heterocycles. The Morgan fingerprint density at radius 1 is 1.00 bits per heavy atom. The summed E-state index contributed by atoms with van der Waals surface area (Å²) in [5, 5.41) is 0. The van der Waals surface area contributed by atoms with Gasteiger partial charge < -0.3 is 9.47 Å². The highest BCUT2D eigenvalue weighted by atomic mass is 79.9. The lowest BCUT2D eigenvalue weighted by molar-refractivity contribution is -0.151. The highest BCUT2D eigenvalue weighted by Gasteiger charge is 2.12. The Labute approximate surface area is 99.6 Å². The molecule has 0 aromatic rings. The first-order chi connectivity index (χ1) is 6.45. The molecule has 0 heterocycles. The van der Waals surface area contributed by atoms with Gasteiger partial charge in [-0.05, 0) is 13.8 Å². The second-order valence-corrected chi connectivity index (χ2v) is 5.31. The van der Waals surface area contributed by atoms with Crippen LogP contribution in [0.3, 0.4) is 0 Å². The third-order valence-corrected chi connectivity index (χ3v) is 1.97. The van der Waals surface area contributed by atoms with Crippen molar-refractivity contribution in [2.45, 2.75) is 23.5 Å². The minimum atomic E-state index is -0.368. The van der Waals surface area contributed by atoms with E-state index >= 15 is 0 Å². The molecule has 4 nitrogen and oxygen atoms in total. The molecule has 14 heavy (non-hydrogen) atoms. The van der Waals surface area contributed by atoms with Crippen molar-refractivity contribution in [2.75, 3.05) is 13.2 Å². The molecule has 0 radical (unpaired) electrons. The number of hydrogen-bond donors (Lipinski definition) is 0. The van der Waals surface area contributed by atoms with Crippen LogP contribution < -0.4 is 0 Å². The molecule has 0 spiro atoms. The maximum Gasteiger partial charge on any atom is 0.319 e. The van der Waals surface area contributed by atoms with Crippen LogP contribution in [0.15, 0.2) is 0 Å². The van der Waals surface area contributed by atoms with E-state index in [1.54, 1.807) is 13.8 Å². The first-order valence-corrected chi connectivity index (χ1v) is 5.89. The molecule has 6 heteroatoms. The van der Waals surface area contributed by atoms with Crippen molar-refractivity contribution in [1.82, 2.24) is 0 Å². The van der Waals surface area contributed by atoms with Crippen molar-refractivity contribution in [3.63, 3.8) is 0 Å². The first kappa shape index (κ1) is 13.9. The molecule has 0 rings (SSSR count). The summed E-state index contributed by atoms with van der Waals surface area (Å²) in [5.41, 5.74) is 0. The number of carbonyl (C=O) groups excluding carboxylic acids is 2. The van der Waals surface area contributed by atoms with Crippen molar-refractivity contribution in [3.8, 4) is 0 Å². The van der Waals surface area contributed by atoms with Gasteiger partial charge in [0.25, 0.3) is 0 Å². The van der Waals surface area contributed by atoms with Gasteiger partial charge in [-0.1, -0.05) is 31.9 Å². The van der Waals surface area contributed by atoms with Gasteiger partial charge in [0.15, 0.2) is 0 Å². The second-order valence-electron chi connectivity index (χ2n) is 2.57. The number of halogens is 2. The number of hydrogen-bond acceptors (Lipinski definition) is 4. The summed E-state index contributed by atoms with van der Waals surface area (Å²) in [7, 11) is 0. The molecular formula is C8H12Br2O4. The second kappa shape index (κ2) is 7.23. The van der Waals surface area contributed by atoms with Crippen molar-refractivity contribution in [1.29, 1.82) is 0 Å². The third kappa shape index (κ3) is 6.37. The number of carbonyl (C=O) groups is 2. The Balaban J connectivity index is 3.48. The SMILES string of the molecule is C[C@@H](Br)C(=O)OCCOC(=O)[C@@H](C)Br. The van der Waals surface area contributed by atoms with E-state index in [0.717, 1.165) is 0 Å². The van der Waals surface area contributed by atoms with Gasteiger partial charge in [-0.2, -0.15) is 0 Å². The highest BCUT2D eigenvalue weighted by Crippen LogP contribution is 2.01. The molecule has 0 aliphatic carbocycles. The van der Waals surface area contributed by atoms with Crippen LogP contribution in [-0.2, 0) is 19.1 Å². The summed E-state index contributed by atoms with van der Waals surface area (Å²) in [6.45, 7) is 3.49. The van der Waals surface area contributed by atoms with Crippen LogP contribution in [0.2, 0.25) is 0 Å². The maximum absolute atomic E-state index is 10.9. The molecule has 0 saturated heterocycles. The van der Waals surface area contributed by atoms with Gasteiger partial charge in [0.2, 0.25) is 0 Å². The van der Waals surface area contributed by atoms with Gasteiger partial charge in [0.1, 0.15) is 22.9 Å². The normalized spacial score (nSPS) is 14.3. The van der Waals surface area contributed by atoms with Gasteiger partial charge in [-0.3, -0.25) is 9.59 Å². The van der Waals surface area contributed by atoms with Crippen LogP contribution in [-0.4, -0.2) is 34.8 Å². The summed E-state index contributed by atoms with van der Waals surface area (Å²) in [5.74, 6) is -0.735. The smallest absolute Gasteiger partial charge is 0.319 e. The van der Waals surface area contributed by atoms with Crippen LogP contribution in [0.5, 0.6) is 0 Å². The average Bonchev–Trinajstić information content (AvgIpc) is 2.11. The molecule has 82 valence electrons. The quantitative estimate of drug-likeness (QED) is 0.436. The molecular weight excluding hydrogens is 320 g/mol. The molecule has 0 bridgehead atoms. The van der Waals surface area contributed by atoms with Gasteiger partial charge >= 0.3 is 11.9 Å². The fourth-order valence-corrected chi connectivity index (χ4v) is 0.779. The fourth-order valence-electron chi connectivity index (χ4n) is 0.514. The van der Waals surface area contributed by atoms with E-state index in [2.05, 4.69) is 31.9 Å². The summed E-state index contributed by atoms with van der Waals surface area (Å²) < 4.78 is 9.51. The Kier molecular flexibility index (Phi) is 7.17. The van der Waals surface area contributed by atoms with Crippen molar-refractivity contribution >= 4 is 43.8 Å². The van der Waals surface area contributed by atoms with Crippen molar-refractivity contribution in [3.05, 3.63) is 0 Å². The number of alkyl halides is 2. The predicted molar refractivity (Wildman–Crippen MR) is 58.7 cm³/mol. The zero-order chi connectivity index (χ0) is 11.1. The first-order valence-electron chi connectivity index (χ1n) is 4.06. The van der Waals surface area contributed by atoms with Crippen molar-refractivity contribution < 1.29 is 19.1 Å². The molecule has 0 aromatic heterocycles. The highest BCUT2D eigenvalue weighted by molar-refractivity contribution is 9.10. The monoisotopic (exact) mass is 330 g/mol. The number of rotatable bonds is 5. The summed E-state index contributed by atoms with van der Waals surface area (Å²) >= 11 is 6.11. The zero-order valence-corrected chi connectivity index (χ0v) is 11.1. The van der Waals surface area contributed by atoms with E-state index in [1.165, 1.54) is 0 Å². The Morgan fingerprint density at radius 2 is 1.29 bits per heavy atom. The third-order valence-electron chi connectivity index (χ3n) is 1.22. The predicted octanol–water partition coefficient (Wildman–Crippen LogP) is 1.64. The van der Waals surface area contributed by atoms with E-state index in [-0.39, 0.29) is 34.8 Å². The Hall–Kier alpha value is -0.100. The van der Waals surface area contributed by atoms with Gasteiger partial charge in [-0.25, -0.2) is 0 Å². The molecule has 0 unspecified atom stereocenters. The lowest BCUT2D eigenvalue weighted by Crippen LogP contribution is -2.20. The molecule has 0 amide bonds. The molecule has 0 fully saturated rings. The maximum atomic E-state index is 10.9. The van der Waals surface area contributed by atoms with Gasteiger partial charge in [0.05, 0.1) is 0 Å². The average molecular weight is 332 g/mol. The van der Waals surface area contributed by atoms with Crippen LogP contribution in [0.25, 0.3) is 0 Å². The molecule has 0 N–H and O–H groups in total. The van der Waals surface area contributed by atoms with Crippen molar-refractivity contribution in [2.24, 2.45) is 0 Å². The van der Waals surface area contributed by atoms with Crippen LogP contribution >= 0.6 is 31.9 Å². The topological polar surface area (TPSA) is 52.6 Å². The van der Waals surface area contributed by atoms with E-state index < -0.39 is 0 Å². The summed E-state index contributed by atoms with van der Waals surface area (Å²) in [6.07, 6.45) is 0. The van der Waals surface area contributed by atoms with E-state index in [0.29, 0.717) is 0 Å². The Morgan fingerprint density at radius 3 is 1.50 bits per heavy atom. The minimum Gasteiger partial charge on any atom is -0.461 e. The lowest BCUT2D eigenvalue weighted by Gasteiger charge is -2.07. The zero-order valence-electron chi connectivity index (χ0n) is 7.96. The largest absolute Gasteiger partial charge is 0.461 e. The fraction of sp³-hybridized carbons (Fsp3) is 0.750. The number of ether oxygens (including phenoxy) is 2.